The van der Waals surface area contributed by atoms with Gasteiger partial charge in [-0.1, -0.05) is 102 Å². The lowest BCUT2D eigenvalue weighted by molar-refractivity contribution is -0.110. The summed E-state index contributed by atoms with van der Waals surface area (Å²) >= 11 is 0. The average Bonchev–Trinajstić information content (AvgIpc) is 2.71. The Labute approximate surface area is 167 Å². The van der Waals surface area contributed by atoms with Crippen LogP contribution in [0.15, 0.2) is 35.9 Å². The minimum atomic E-state index is 0.274. The summed E-state index contributed by atoms with van der Waals surface area (Å²) in [5.74, 6) is 0.274. The van der Waals surface area contributed by atoms with E-state index >= 15 is 0 Å². The molecule has 0 spiro atoms. The maximum atomic E-state index is 10.7. The molecule has 0 N–H and O–H groups in total. The van der Waals surface area contributed by atoms with Crippen molar-refractivity contribution in [1.82, 2.24) is 0 Å². The van der Waals surface area contributed by atoms with Crippen molar-refractivity contribution in [2.75, 3.05) is 0 Å². The van der Waals surface area contributed by atoms with E-state index < -0.39 is 0 Å². The van der Waals surface area contributed by atoms with Gasteiger partial charge >= 0.3 is 0 Å². The first kappa shape index (κ1) is 25.3. The van der Waals surface area contributed by atoms with Crippen molar-refractivity contribution in [3.05, 3.63) is 41.5 Å². The van der Waals surface area contributed by atoms with Crippen molar-refractivity contribution in [2.24, 2.45) is 5.92 Å². The summed E-state index contributed by atoms with van der Waals surface area (Å²) in [5, 5.41) is 0. The van der Waals surface area contributed by atoms with Gasteiger partial charge in [-0.05, 0) is 36.5 Å². The summed E-state index contributed by atoms with van der Waals surface area (Å²) in [6.45, 7) is 6.38. The summed E-state index contributed by atoms with van der Waals surface area (Å²) in [6, 6.07) is 9.96. The van der Waals surface area contributed by atoms with Crippen LogP contribution in [-0.2, 0) is 9.59 Å². The first-order chi connectivity index (χ1) is 13.2. The fourth-order valence-corrected chi connectivity index (χ4v) is 2.80. The molecule has 0 heterocycles. The molecule has 0 aliphatic carbocycles. The second-order valence-electron chi connectivity index (χ2n) is 7.37. The Morgan fingerprint density at radius 1 is 0.852 bits per heavy atom. The molecule has 152 valence electrons. The third kappa shape index (κ3) is 16.2. The van der Waals surface area contributed by atoms with Gasteiger partial charge in [-0.3, -0.25) is 4.79 Å². The normalized spacial score (nSPS) is 12.0. The minimum absolute atomic E-state index is 0.274. The van der Waals surface area contributed by atoms with Crippen LogP contribution in [0.3, 0.4) is 0 Å². The smallest absolute Gasteiger partial charge is 0.146 e. The molecule has 0 saturated carbocycles. The molecular weight excluding hydrogens is 332 g/mol. The van der Waals surface area contributed by atoms with Crippen molar-refractivity contribution >= 4 is 18.6 Å². The van der Waals surface area contributed by atoms with Crippen LogP contribution in [0.1, 0.15) is 97.0 Å². The lowest BCUT2D eigenvalue weighted by Crippen LogP contribution is -1.94. The van der Waals surface area contributed by atoms with Crippen molar-refractivity contribution in [2.45, 2.75) is 91.4 Å². The molecule has 0 radical (unpaired) electrons. The van der Waals surface area contributed by atoms with E-state index in [9.17, 15) is 9.59 Å². The summed E-state index contributed by atoms with van der Waals surface area (Å²) in [6.07, 6.45) is 17.5. The SMILES string of the molecule is CCCC/C(C=O)=C\c1ccccc1.CCCCCCCCCC(C)C=O. The number of benzene rings is 1. The number of carbonyl (C=O) groups is 2. The lowest BCUT2D eigenvalue weighted by Gasteiger charge is -2.02. The fourth-order valence-electron chi connectivity index (χ4n) is 2.80. The molecule has 1 rings (SSSR count). The second kappa shape index (κ2) is 19.1. The van der Waals surface area contributed by atoms with Crippen LogP contribution < -0.4 is 0 Å². The molecule has 1 atom stereocenters. The highest BCUT2D eigenvalue weighted by Gasteiger charge is 1.98. The Balaban J connectivity index is 0.000000503. The van der Waals surface area contributed by atoms with Crippen LogP contribution in [0, 0.1) is 5.92 Å². The molecule has 1 unspecified atom stereocenters. The highest BCUT2D eigenvalue weighted by Crippen LogP contribution is 2.11. The zero-order chi connectivity index (χ0) is 20.2. The van der Waals surface area contributed by atoms with E-state index in [2.05, 4.69) is 13.8 Å². The monoisotopic (exact) mass is 372 g/mol. The third-order valence-corrected chi connectivity index (χ3v) is 4.62. The number of rotatable bonds is 14. The summed E-state index contributed by atoms with van der Waals surface area (Å²) in [4.78, 5) is 21.1. The van der Waals surface area contributed by atoms with Gasteiger partial charge < -0.3 is 4.79 Å². The molecule has 0 aromatic heterocycles. The van der Waals surface area contributed by atoms with E-state index in [1.807, 2.05) is 43.3 Å². The van der Waals surface area contributed by atoms with Crippen molar-refractivity contribution < 1.29 is 9.59 Å². The van der Waals surface area contributed by atoms with Crippen LogP contribution in [0.4, 0.5) is 0 Å². The average molecular weight is 373 g/mol. The van der Waals surface area contributed by atoms with Crippen LogP contribution in [0.2, 0.25) is 0 Å². The number of carbonyl (C=O) groups excluding carboxylic acids is 2. The first-order valence-corrected chi connectivity index (χ1v) is 10.8. The van der Waals surface area contributed by atoms with Crippen LogP contribution in [0.5, 0.6) is 0 Å². The molecule has 0 fully saturated rings. The van der Waals surface area contributed by atoms with Gasteiger partial charge in [0.05, 0.1) is 0 Å². The molecular formula is C25H40O2. The number of hydrogen-bond acceptors (Lipinski definition) is 2. The van der Waals surface area contributed by atoms with Crippen LogP contribution in [0.25, 0.3) is 6.08 Å². The number of allylic oxidation sites excluding steroid dienone is 1. The minimum Gasteiger partial charge on any atom is -0.303 e. The predicted molar refractivity (Wildman–Crippen MR) is 118 cm³/mol. The number of aldehydes is 2. The Hall–Kier alpha value is -1.70. The second-order valence-corrected chi connectivity index (χ2v) is 7.37. The Morgan fingerprint density at radius 2 is 1.44 bits per heavy atom. The van der Waals surface area contributed by atoms with Gasteiger partial charge in [0.2, 0.25) is 0 Å². The highest BCUT2D eigenvalue weighted by molar-refractivity contribution is 5.81. The van der Waals surface area contributed by atoms with Crippen molar-refractivity contribution in [1.29, 1.82) is 0 Å². The van der Waals surface area contributed by atoms with Crippen molar-refractivity contribution in [3.8, 4) is 0 Å². The van der Waals surface area contributed by atoms with E-state index in [-0.39, 0.29) is 5.92 Å². The molecule has 2 heteroatoms. The molecule has 2 nitrogen and oxygen atoms in total. The molecule has 1 aromatic carbocycles. The van der Waals surface area contributed by atoms with Gasteiger partial charge in [-0.25, -0.2) is 0 Å². The maximum Gasteiger partial charge on any atom is 0.146 e. The lowest BCUT2D eigenvalue weighted by atomic mass is 10.0. The van der Waals surface area contributed by atoms with E-state index in [1.54, 1.807) is 0 Å². The van der Waals surface area contributed by atoms with Gasteiger partial charge in [0, 0.05) is 5.92 Å². The Kier molecular flexibility index (Phi) is 17.9. The Bertz CT molecular complexity index is 490. The molecule has 0 aliphatic rings. The van der Waals surface area contributed by atoms with Gasteiger partial charge in [0.25, 0.3) is 0 Å². The quantitative estimate of drug-likeness (QED) is 0.193. The van der Waals surface area contributed by atoms with E-state index in [1.165, 1.54) is 44.9 Å². The summed E-state index contributed by atoms with van der Waals surface area (Å²) in [7, 11) is 0. The van der Waals surface area contributed by atoms with Gasteiger partial charge in [-0.2, -0.15) is 0 Å². The van der Waals surface area contributed by atoms with Crippen LogP contribution in [-0.4, -0.2) is 12.6 Å². The summed E-state index contributed by atoms with van der Waals surface area (Å²) < 4.78 is 0. The van der Waals surface area contributed by atoms with Crippen molar-refractivity contribution in [3.63, 3.8) is 0 Å². The summed E-state index contributed by atoms with van der Waals surface area (Å²) in [5.41, 5.74) is 1.99. The number of hydrogen-bond donors (Lipinski definition) is 0. The molecule has 27 heavy (non-hydrogen) atoms. The van der Waals surface area contributed by atoms with Gasteiger partial charge in [0.15, 0.2) is 0 Å². The maximum absolute atomic E-state index is 10.7. The molecule has 0 bridgehead atoms. The van der Waals surface area contributed by atoms with Gasteiger partial charge in [0.1, 0.15) is 12.6 Å². The third-order valence-electron chi connectivity index (χ3n) is 4.62. The molecule has 0 amide bonds. The van der Waals surface area contributed by atoms with Gasteiger partial charge in [-0.15, -0.1) is 0 Å². The zero-order valence-corrected chi connectivity index (χ0v) is 17.8. The standard InChI is InChI=1S/C13H16O.C12H24O/c1-2-3-7-13(11-14)10-12-8-5-4-6-9-12;1-3-4-5-6-7-8-9-10-12(2)11-13/h4-6,8-11H,2-3,7H2,1H3;11-12H,3-10H2,1-2H3/b13-10+;. The molecule has 1 aromatic rings. The zero-order valence-electron chi connectivity index (χ0n) is 17.8. The highest BCUT2D eigenvalue weighted by atomic mass is 16.1. The predicted octanol–water partition coefficient (Wildman–Crippen LogP) is 7.42. The van der Waals surface area contributed by atoms with E-state index in [0.717, 1.165) is 49.4 Å². The first-order valence-electron chi connectivity index (χ1n) is 10.8. The van der Waals surface area contributed by atoms with E-state index in [0.29, 0.717) is 0 Å². The molecule has 0 aliphatic heterocycles. The largest absolute Gasteiger partial charge is 0.303 e. The molecule has 0 saturated heterocycles. The van der Waals surface area contributed by atoms with E-state index in [4.69, 9.17) is 0 Å². The number of unbranched alkanes of at least 4 members (excludes halogenated alkanes) is 7. The topological polar surface area (TPSA) is 34.1 Å². The fraction of sp³-hybridized carbons (Fsp3) is 0.600. The van der Waals surface area contributed by atoms with Crippen LogP contribution >= 0.6 is 0 Å². The Morgan fingerprint density at radius 3 is 2.00 bits per heavy atom.